The highest BCUT2D eigenvalue weighted by atomic mass is 79.9. The molecule has 2 aromatic rings. The fraction of sp³-hybridized carbons (Fsp3) is 0.435. The van der Waals surface area contributed by atoms with Crippen LogP contribution < -0.4 is 4.72 Å². The second-order valence-corrected chi connectivity index (χ2v) is 12.2. The van der Waals surface area contributed by atoms with Crippen LogP contribution in [0.5, 0.6) is 0 Å². The molecule has 12 heteroatoms. The third-order valence-corrected chi connectivity index (χ3v) is 7.88. The van der Waals surface area contributed by atoms with Gasteiger partial charge < -0.3 is 4.74 Å². The number of nitro groups is 1. The minimum Gasteiger partial charge on any atom is -0.444 e. The Morgan fingerprint density at radius 2 is 1.86 bits per heavy atom. The van der Waals surface area contributed by atoms with Crippen LogP contribution in [0.15, 0.2) is 53.4 Å². The van der Waals surface area contributed by atoms with Crippen LogP contribution in [-0.2, 0) is 14.8 Å². The van der Waals surface area contributed by atoms with Gasteiger partial charge in [0, 0.05) is 29.5 Å². The van der Waals surface area contributed by atoms with Crippen molar-refractivity contribution in [2.75, 3.05) is 6.54 Å². The van der Waals surface area contributed by atoms with E-state index in [-0.39, 0.29) is 22.0 Å². The Kier molecular flexibility index (Phi) is 8.17. The fourth-order valence-electron chi connectivity index (χ4n) is 3.87. The first-order valence-corrected chi connectivity index (χ1v) is 13.3. The van der Waals surface area contributed by atoms with Crippen LogP contribution in [0.25, 0.3) is 0 Å². The van der Waals surface area contributed by atoms with Crippen molar-refractivity contribution in [2.45, 2.75) is 61.0 Å². The molecule has 0 unspecified atom stereocenters. The summed E-state index contributed by atoms with van der Waals surface area (Å²) in [6.45, 7) is 5.14. The molecule has 1 aliphatic heterocycles. The van der Waals surface area contributed by atoms with E-state index in [1.807, 2.05) is 0 Å². The summed E-state index contributed by atoms with van der Waals surface area (Å²) in [6, 6.07) is 9.18. The van der Waals surface area contributed by atoms with E-state index in [1.54, 1.807) is 32.9 Å². The summed E-state index contributed by atoms with van der Waals surface area (Å²) in [5, 5.41) is 10.9. The number of amides is 1. The van der Waals surface area contributed by atoms with Crippen molar-refractivity contribution in [3.8, 4) is 0 Å². The summed E-state index contributed by atoms with van der Waals surface area (Å²) in [5.74, 6) is -0.453. The number of likely N-dealkylation sites (tertiary alicyclic amines) is 1. The number of benzene rings is 2. The molecular weight excluding hydrogens is 545 g/mol. The predicted molar refractivity (Wildman–Crippen MR) is 131 cm³/mol. The van der Waals surface area contributed by atoms with Crippen molar-refractivity contribution in [1.29, 1.82) is 0 Å². The van der Waals surface area contributed by atoms with E-state index < -0.39 is 44.5 Å². The Morgan fingerprint density at radius 3 is 2.43 bits per heavy atom. The Bertz CT molecular complexity index is 1190. The first-order valence-electron chi connectivity index (χ1n) is 10.9. The number of alkyl halides is 1. The number of nitrogens with zero attached hydrogens (tertiary/aromatic N) is 2. The summed E-state index contributed by atoms with van der Waals surface area (Å²) in [7, 11) is -4.04. The maximum Gasteiger partial charge on any atom is 0.410 e. The normalized spacial score (nSPS) is 21.3. The average molecular weight is 572 g/mol. The topological polar surface area (TPSA) is 119 Å². The average Bonchev–Trinajstić information content (AvgIpc) is 2.91. The van der Waals surface area contributed by atoms with E-state index in [1.165, 1.54) is 17.0 Å². The summed E-state index contributed by atoms with van der Waals surface area (Å²) in [5.41, 5.74) is -0.475. The van der Waals surface area contributed by atoms with Gasteiger partial charge in [-0.25, -0.2) is 22.3 Å². The molecule has 190 valence electrons. The number of halogens is 2. The van der Waals surface area contributed by atoms with E-state index in [0.717, 1.165) is 24.3 Å². The third kappa shape index (κ3) is 6.98. The van der Waals surface area contributed by atoms with Crippen LogP contribution >= 0.6 is 15.9 Å². The molecule has 3 atom stereocenters. The highest BCUT2D eigenvalue weighted by molar-refractivity contribution is 9.09. The highest BCUT2D eigenvalue weighted by Crippen LogP contribution is 2.36. The fourth-order valence-corrected chi connectivity index (χ4v) is 5.99. The van der Waals surface area contributed by atoms with Crippen LogP contribution in [0.2, 0.25) is 0 Å². The van der Waals surface area contributed by atoms with Crippen LogP contribution in [0.1, 0.15) is 45.2 Å². The van der Waals surface area contributed by atoms with Crippen molar-refractivity contribution >= 4 is 37.7 Å². The standard InChI is InChI=1S/C23H27BrFN3O6S/c1-23(2,3)34-22(29)27-14-17(7-12-20(24)21(27)15-5-4-6-16(25)13-15)26-35(32,33)19-10-8-18(9-11-19)28(30)31/h4-6,8-11,13,17,20-21,26H,7,12,14H2,1-3H3/t17-,20+,21-/m1/s1. The number of hydrogen-bond acceptors (Lipinski definition) is 6. The number of non-ortho nitro benzene ring substituents is 1. The van der Waals surface area contributed by atoms with Gasteiger partial charge in [-0.05, 0) is 63.4 Å². The first-order chi connectivity index (χ1) is 16.3. The lowest BCUT2D eigenvalue weighted by Crippen LogP contribution is -2.47. The van der Waals surface area contributed by atoms with Gasteiger partial charge in [-0.3, -0.25) is 15.0 Å². The summed E-state index contributed by atoms with van der Waals surface area (Å²) >= 11 is 3.61. The van der Waals surface area contributed by atoms with Gasteiger partial charge >= 0.3 is 6.09 Å². The van der Waals surface area contributed by atoms with Crippen LogP contribution in [-0.4, -0.2) is 47.3 Å². The molecule has 1 heterocycles. The van der Waals surface area contributed by atoms with Gasteiger partial charge in [0.05, 0.1) is 15.9 Å². The number of sulfonamides is 1. The maximum absolute atomic E-state index is 14.0. The summed E-state index contributed by atoms with van der Waals surface area (Å²) in [4.78, 5) is 24.5. The summed E-state index contributed by atoms with van der Waals surface area (Å²) in [6.07, 6.45) is 0.207. The molecule has 1 fully saturated rings. The largest absolute Gasteiger partial charge is 0.444 e. The Hall–Kier alpha value is -2.57. The molecule has 0 bridgehead atoms. The van der Waals surface area contributed by atoms with Gasteiger partial charge in [0.2, 0.25) is 10.0 Å². The van der Waals surface area contributed by atoms with Crippen molar-refractivity contribution in [3.05, 3.63) is 70.0 Å². The van der Waals surface area contributed by atoms with Crippen LogP contribution in [0, 0.1) is 15.9 Å². The second kappa shape index (κ2) is 10.6. The van der Waals surface area contributed by atoms with E-state index in [2.05, 4.69) is 20.7 Å². The number of hydrogen-bond donors (Lipinski definition) is 1. The molecule has 0 spiro atoms. The molecule has 1 saturated heterocycles. The molecule has 1 amide bonds. The molecule has 9 nitrogen and oxygen atoms in total. The van der Waals surface area contributed by atoms with Crippen LogP contribution in [0.4, 0.5) is 14.9 Å². The number of nitrogens with one attached hydrogen (secondary N) is 1. The lowest BCUT2D eigenvalue weighted by molar-refractivity contribution is -0.384. The molecule has 3 rings (SSSR count). The Labute approximate surface area is 212 Å². The SMILES string of the molecule is CC(C)(C)OC(=O)N1C[C@H](NS(=O)(=O)c2ccc([N+](=O)[O-])cc2)CC[C@H](Br)[C@H]1c1cccc(F)c1. The van der Waals surface area contributed by atoms with Gasteiger partial charge in [0.1, 0.15) is 11.4 Å². The quantitative estimate of drug-likeness (QED) is 0.309. The first kappa shape index (κ1) is 27.0. The van der Waals surface area contributed by atoms with Crippen molar-refractivity contribution < 1.29 is 27.3 Å². The smallest absolute Gasteiger partial charge is 0.410 e. The molecule has 1 aliphatic rings. The van der Waals surface area contributed by atoms with Crippen molar-refractivity contribution in [3.63, 3.8) is 0 Å². The Morgan fingerprint density at radius 1 is 1.20 bits per heavy atom. The number of carbonyl (C=O) groups excluding carboxylic acids is 1. The zero-order chi connectivity index (χ0) is 26.0. The number of carbonyl (C=O) groups is 1. The lowest BCUT2D eigenvalue weighted by Gasteiger charge is -2.35. The summed E-state index contributed by atoms with van der Waals surface area (Å²) < 4.78 is 48.2. The van der Waals surface area contributed by atoms with Crippen LogP contribution in [0.3, 0.4) is 0 Å². The molecule has 2 aromatic carbocycles. The van der Waals surface area contributed by atoms with E-state index >= 15 is 0 Å². The van der Waals surface area contributed by atoms with Crippen molar-refractivity contribution in [1.82, 2.24) is 9.62 Å². The monoisotopic (exact) mass is 571 g/mol. The molecule has 0 aromatic heterocycles. The number of nitro benzene ring substituents is 1. The van der Waals surface area contributed by atoms with Gasteiger partial charge in [0.15, 0.2) is 0 Å². The third-order valence-electron chi connectivity index (χ3n) is 5.38. The molecule has 0 saturated carbocycles. The zero-order valence-corrected chi connectivity index (χ0v) is 21.9. The van der Waals surface area contributed by atoms with E-state index in [4.69, 9.17) is 4.74 Å². The van der Waals surface area contributed by atoms with Gasteiger partial charge in [-0.1, -0.05) is 28.1 Å². The van der Waals surface area contributed by atoms with Gasteiger partial charge in [-0.2, -0.15) is 0 Å². The molecule has 0 aliphatic carbocycles. The minimum absolute atomic E-state index is 0.0234. The molecule has 35 heavy (non-hydrogen) atoms. The molecule has 1 N–H and O–H groups in total. The number of ether oxygens (including phenoxy) is 1. The lowest BCUT2D eigenvalue weighted by atomic mass is 10.0. The molecule has 0 radical (unpaired) electrons. The second-order valence-electron chi connectivity index (χ2n) is 9.30. The van der Waals surface area contributed by atoms with Crippen molar-refractivity contribution in [2.24, 2.45) is 0 Å². The molecular formula is C23H27BrFN3O6S. The van der Waals surface area contributed by atoms with E-state index in [9.17, 15) is 27.7 Å². The highest BCUT2D eigenvalue weighted by Gasteiger charge is 2.39. The van der Waals surface area contributed by atoms with E-state index in [0.29, 0.717) is 18.4 Å². The predicted octanol–water partition coefficient (Wildman–Crippen LogP) is 4.92. The number of rotatable bonds is 5. The minimum atomic E-state index is -4.04. The maximum atomic E-state index is 14.0. The Balaban J connectivity index is 1.92. The zero-order valence-electron chi connectivity index (χ0n) is 19.5. The van der Waals surface area contributed by atoms with Gasteiger partial charge in [-0.15, -0.1) is 0 Å². The van der Waals surface area contributed by atoms with Gasteiger partial charge in [0.25, 0.3) is 5.69 Å².